The molecule has 0 amide bonds. The molecular weight excluding hydrogens is 331 g/mol. The second-order valence-electron chi connectivity index (χ2n) is 5.17. The molecule has 21 heavy (non-hydrogen) atoms. The van der Waals surface area contributed by atoms with Gasteiger partial charge in [0.2, 0.25) is 0 Å². The number of hydrogen-bond acceptors (Lipinski definition) is 2. The van der Waals surface area contributed by atoms with E-state index in [9.17, 15) is 4.39 Å². The van der Waals surface area contributed by atoms with Crippen molar-refractivity contribution in [2.75, 3.05) is 6.54 Å². The number of halogens is 2. The summed E-state index contributed by atoms with van der Waals surface area (Å²) in [5, 5.41) is 3.57. The van der Waals surface area contributed by atoms with Gasteiger partial charge in [-0.1, -0.05) is 35.8 Å². The third kappa shape index (κ3) is 4.11. The van der Waals surface area contributed by atoms with Crippen molar-refractivity contribution in [1.29, 1.82) is 0 Å². The van der Waals surface area contributed by atoms with Gasteiger partial charge in [0.1, 0.15) is 5.82 Å². The zero-order valence-electron chi connectivity index (χ0n) is 12.3. The summed E-state index contributed by atoms with van der Waals surface area (Å²) in [6.45, 7) is 5.24. The Morgan fingerprint density at radius 3 is 2.57 bits per heavy atom. The highest BCUT2D eigenvalue weighted by atomic mass is 79.9. The van der Waals surface area contributed by atoms with E-state index in [0.29, 0.717) is 0 Å². The molecule has 0 saturated heterocycles. The van der Waals surface area contributed by atoms with Gasteiger partial charge in [0, 0.05) is 28.8 Å². The Balaban J connectivity index is 2.33. The van der Waals surface area contributed by atoms with Crippen LogP contribution in [0.4, 0.5) is 4.39 Å². The topological polar surface area (TPSA) is 24.9 Å². The highest BCUT2D eigenvalue weighted by Gasteiger charge is 2.22. The molecule has 0 bridgehead atoms. The molecule has 1 aromatic heterocycles. The van der Waals surface area contributed by atoms with Crippen molar-refractivity contribution < 1.29 is 4.39 Å². The zero-order chi connectivity index (χ0) is 15.2. The van der Waals surface area contributed by atoms with Crippen molar-refractivity contribution in [3.8, 4) is 0 Å². The Morgan fingerprint density at radius 2 is 1.95 bits per heavy atom. The van der Waals surface area contributed by atoms with Crippen LogP contribution in [0.3, 0.4) is 0 Å². The van der Waals surface area contributed by atoms with Gasteiger partial charge in [-0.2, -0.15) is 0 Å². The van der Waals surface area contributed by atoms with Crippen molar-refractivity contribution in [1.82, 2.24) is 10.3 Å². The van der Waals surface area contributed by atoms with Crippen LogP contribution in [0.5, 0.6) is 0 Å². The van der Waals surface area contributed by atoms with E-state index >= 15 is 0 Å². The fourth-order valence-electron chi connectivity index (χ4n) is 2.47. The van der Waals surface area contributed by atoms with Crippen molar-refractivity contribution in [2.24, 2.45) is 0 Å². The largest absolute Gasteiger partial charge is 0.309 e. The highest BCUT2D eigenvalue weighted by Crippen LogP contribution is 2.34. The molecule has 4 heteroatoms. The van der Waals surface area contributed by atoms with Crippen LogP contribution < -0.4 is 5.32 Å². The van der Waals surface area contributed by atoms with Gasteiger partial charge >= 0.3 is 0 Å². The van der Waals surface area contributed by atoms with Gasteiger partial charge in [0.05, 0.1) is 0 Å². The van der Waals surface area contributed by atoms with Gasteiger partial charge in [-0.15, -0.1) is 0 Å². The van der Waals surface area contributed by atoms with E-state index in [4.69, 9.17) is 0 Å². The first-order chi connectivity index (χ1) is 10.1. The molecule has 0 spiro atoms. The number of pyridine rings is 1. The lowest BCUT2D eigenvalue weighted by atomic mass is 9.89. The minimum Gasteiger partial charge on any atom is -0.309 e. The number of rotatable bonds is 6. The first-order valence-corrected chi connectivity index (χ1v) is 8.01. The third-order valence-corrected chi connectivity index (χ3v) is 4.33. The quantitative estimate of drug-likeness (QED) is 0.807. The van der Waals surface area contributed by atoms with Crippen LogP contribution in [-0.2, 0) is 0 Å². The van der Waals surface area contributed by atoms with Crippen LogP contribution in [0.2, 0.25) is 0 Å². The Labute approximate surface area is 133 Å². The summed E-state index contributed by atoms with van der Waals surface area (Å²) in [6, 6.07) is 9.08. The minimum atomic E-state index is -0.226. The molecule has 0 aliphatic heterocycles. The summed E-state index contributed by atoms with van der Waals surface area (Å²) < 4.78 is 14.1. The summed E-state index contributed by atoms with van der Waals surface area (Å²) in [4.78, 5) is 4.07. The minimum absolute atomic E-state index is 0.127. The fraction of sp³-hybridized carbons (Fsp3) is 0.353. The van der Waals surface area contributed by atoms with Gasteiger partial charge < -0.3 is 5.32 Å². The normalized spacial score (nSPS) is 13.9. The Kier molecular flexibility index (Phi) is 5.88. The molecule has 0 radical (unpaired) electrons. The third-order valence-electron chi connectivity index (χ3n) is 3.64. The number of hydrogen-bond donors (Lipinski definition) is 1. The van der Waals surface area contributed by atoms with Gasteiger partial charge in [-0.3, -0.25) is 4.98 Å². The Hall–Kier alpha value is -1.26. The molecule has 112 valence electrons. The molecular formula is C17H20BrFN2. The molecule has 0 fully saturated rings. The lowest BCUT2D eigenvalue weighted by Crippen LogP contribution is -2.27. The molecule has 1 heterocycles. The molecule has 2 rings (SSSR count). The van der Waals surface area contributed by atoms with Crippen LogP contribution in [0.1, 0.15) is 43.4 Å². The monoisotopic (exact) mass is 350 g/mol. The van der Waals surface area contributed by atoms with Crippen molar-refractivity contribution in [2.45, 2.75) is 32.2 Å². The summed E-state index contributed by atoms with van der Waals surface area (Å²) in [5.74, 6) is 0.0396. The second kappa shape index (κ2) is 7.66. The molecule has 0 aliphatic carbocycles. The van der Waals surface area contributed by atoms with Gasteiger partial charge in [-0.25, -0.2) is 4.39 Å². The maximum absolute atomic E-state index is 13.3. The van der Waals surface area contributed by atoms with Gasteiger partial charge in [0.15, 0.2) is 0 Å². The van der Waals surface area contributed by atoms with Crippen molar-refractivity contribution >= 4 is 15.9 Å². The van der Waals surface area contributed by atoms with E-state index in [0.717, 1.165) is 23.0 Å². The maximum Gasteiger partial charge on any atom is 0.124 e. The van der Waals surface area contributed by atoms with E-state index in [2.05, 4.69) is 40.1 Å². The van der Waals surface area contributed by atoms with E-state index in [1.54, 1.807) is 0 Å². The summed E-state index contributed by atoms with van der Waals surface area (Å²) in [7, 11) is 0. The predicted octanol–water partition coefficient (Wildman–Crippen LogP) is 4.83. The molecule has 1 N–H and O–H groups in total. The lowest BCUT2D eigenvalue weighted by Gasteiger charge is -2.27. The van der Waals surface area contributed by atoms with Gasteiger partial charge in [-0.05, 0) is 48.4 Å². The van der Waals surface area contributed by atoms with E-state index in [-0.39, 0.29) is 17.8 Å². The predicted molar refractivity (Wildman–Crippen MR) is 87.8 cm³/mol. The number of nitrogens with one attached hydrogen (secondary N) is 1. The average Bonchev–Trinajstić information content (AvgIpc) is 2.50. The molecule has 0 aliphatic rings. The number of benzene rings is 1. The van der Waals surface area contributed by atoms with E-state index < -0.39 is 0 Å². The Bertz CT molecular complexity index is 574. The zero-order valence-corrected chi connectivity index (χ0v) is 13.9. The lowest BCUT2D eigenvalue weighted by molar-refractivity contribution is 0.464. The van der Waals surface area contributed by atoms with E-state index in [1.807, 2.05) is 30.6 Å². The molecule has 2 aromatic rings. The molecule has 0 saturated carbocycles. The Morgan fingerprint density at radius 1 is 1.24 bits per heavy atom. The fourth-order valence-corrected chi connectivity index (χ4v) is 3.07. The first-order valence-electron chi connectivity index (χ1n) is 7.21. The van der Waals surface area contributed by atoms with Crippen LogP contribution in [0.25, 0.3) is 0 Å². The summed E-state index contributed by atoms with van der Waals surface area (Å²) in [5.41, 5.74) is 2.30. The highest BCUT2D eigenvalue weighted by molar-refractivity contribution is 9.10. The standard InChI is InChI=1S/C17H20BrFN2/c1-3-8-21-17(12(2)13-6-9-20-10-7-13)15-5-4-14(19)11-16(15)18/h4-7,9-12,17,21H,3,8H2,1-2H3. The average molecular weight is 351 g/mol. The van der Waals surface area contributed by atoms with Crippen molar-refractivity contribution in [3.05, 3.63) is 64.1 Å². The maximum atomic E-state index is 13.3. The van der Waals surface area contributed by atoms with Crippen LogP contribution in [0, 0.1) is 5.82 Å². The summed E-state index contributed by atoms with van der Waals surface area (Å²) in [6.07, 6.45) is 4.67. The van der Waals surface area contributed by atoms with Crippen LogP contribution >= 0.6 is 15.9 Å². The second-order valence-corrected chi connectivity index (χ2v) is 6.02. The first kappa shape index (κ1) is 16.1. The number of nitrogens with zero attached hydrogens (tertiary/aromatic N) is 1. The molecule has 1 aromatic carbocycles. The summed E-state index contributed by atoms with van der Waals surface area (Å²) >= 11 is 3.49. The van der Waals surface area contributed by atoms with Gasteiger partial charge in [0.25, 0.3) is 0 Å². The molecule has 2 atom stereocenters. The number of aromatic nitrogens is 1. The molecule has 2 nitrogen and oxygen atoms in total. The van der Waals surface area contributed by atoms with Crippen LogP contribution in [0.15, 0.2) is 47.2 Å². The SMILES string of the molecule is CCCNC(c1ccc(F)cc1Br)C(C)c1ccncc1. The van der Waals surface area contributed by atoms with Crippen molar-refractivity contribution in [3.63, 3.8) is 0 Å². The molecule has 2 unspecified atom stereocenters. The smallest absolute Gasteiger partial charge is 0.124 e. The van der Waals surface area contributed by atoms with E-state index in [1.165, 1.54) is 17.7 Å². The van der Waals surface area contributed by atoms with Crippen LogP contribution in [-0.4, -0.2) is 11.5 Å².